The van der Waals surface area contributed by atoms with Gasteiger partial charge in [-0.25, -0.2) is 4.98 Å². The first-order valence-corrected chi connectivity index (χ1v) is 9.28. The molecule has 0 aliphatic carbocycles. The lowest BCUT2D eigenvalue weighted by Crippen LogP contribution is -2.41. The maximum atomic E-state index is 11.4. The molecule has 0 N–H and O–H groups in total. The van der Waals surface area contributed by atoms with Crippen molar-refractivity contribution in [2.24, 2.45) is 0 Å². The van der Waals surface area contributed by atoms with Gasteiger partial charge in [0.2, 0.25) is 0 Å². The number of carbonyl (C=O) groups excluding carboxylic acids is 1. The summed E-state index contributed by atoms with van der Waals surface area (Å²) in [4.78, 5) is 15.8. The molecule has 3 rings (SSSR count). The summed E-state index contributed by atoms with van der Waals surface area (Å²) < 4.78 is 5.95. The second-order valence-electron chi connectivity index (χ2n) is 6.37. The Balaban J connectivity index is 1.91. The third kappa shape index (κ3) is 3.89. The molecule has 4 nitrogen and oxygen atoms in total. The fourth-order valence-corrected chi connectivity index (χ4v) is 3.50. The molecule has 0 amide bonds. The fraction of sp³-hybridized carbons (Fsp3) is 0.200. The van der Waals surface area contributed by atoms with E-state index in [1.165, 1.54) is 11.3 Å². The second kappa shape index (κ2) is 7.48. The summed E-state index contributed by atoms with van der Waals surface area (Å²) in [6.07, 6.45) is 0. The molecule has 0 aliphatic rings. The Morgan fingerprint density at radius 3 is 2.65 bits per heavy atom. The van der Waals surface area contributed by atoms with Crippen molar-refractivity contribution < 1.29 is 14.6 Å². The largest absolute Gasteiger partial charge is 0.549 e. The molecule has 26 heavy (non-hydrogen) atoms. The number of hydrogen-bond donors (Lipinski definition) is 0. The maximum Gasteiger partial charge on any atom is 0.130 e. The highest BCUT2D eigenvalue weighted by molar-refractivity contribution is 7.13. The summed E-state index contributed by atoms with van der Waals surface area (Å²) in [7, 11) is 0. The molecule has 0 aliphatic heterocycles. The highest BCUT2D eigenvalue weighted by Gasteiger charge is 2.26. The van der Waals surface area contributed by atoms with Crippen molar-refractivity contribution in [3.8, 4) is 16.3 Å². The van der Waals surface area contributed by atoms with Gasteiger partial charge >= 0.3 is 0 Å². The zero-order chi connectivity index (χ0) is 18.7. The molecular weight excluding hydrogens is 370 g/mol. The van der Waals surface area contributed by atoms with E-state index in [2.05, 4.69) is 4.98 Å². The zero-order valence-corrected chi connectivity index (χ0v) is 15.9. The van der Waals surface area contributed by atoms with Crippen LogP contribution in [-0.4, -0.2) is 11.0 Å². The predicted octanol–water partition coefficient (Wildman–Crippen LogP) is 4.07. The minimum absolute atomic E-state index is 0.415. The molecule has 0 saturated carbocycles. The van der Waals surface area contributed by atoms with Gasteiger partial charge < -0.3 is 14.6 Å². The number of benzene rings is 2. The van der Waals surface area contributed by atoms with E-state index in [1.807, 2.05) is 30.3 Å². The first kappa shape index (κ1) is 18.4. The number of carbonyl (C=O) groups is 1. The van der Waals surface area contributed by atoms with E-state index in [1.54, 1.807) is 37.4 Å². The van der Waals surface area contributed by atoms with Crippen LogP contribution in [0.5, 0.6) is 5.75 Å². The summed E-state index contributed by atoms with van der Waals surface area (Å²) in [5, 5.41) is 14.3. The van der Waals surface area contributed by atoms with Gasteiger partial charge in [-0.3, -0.25) is 0 Å². The number of halogens is 1. The fourth-order valence-electron chi connectivity index (χ4n) is 2.32. The van der Waals surface area contributed by atoms with Crippen LogP contribution < -0.4 is 9.84 Å². The molecule has 0 saturated heterocycles. The van der Waals surface area contributed by atoms with Crippen LogP contribution in [0.15, 0.2) is 53.9 Å². The number of aliphatic carboxylic acids is 1. The first-order valence-electron chi connectivity index (χ1n) is 8.02. The van der Waals surface area contributed by atoms with Crippen LogP contribution in [0.1, 0.15) is 25.1 Å². The van der Waals surface area contributed by atoms with Gasteiger partial charge in [0.25, 0.3) is 0 Å². The van der Waals surface area contributed by atoms with E-state index in [0.29, 0.717) is 28.1 Å². The molecule has 134 valence electrons. The van der Waals surface area contributed by atoms with Crippen molar-refractivity contribution in [1.82, 2.24) is 4.98 Å². The van der Waals surface area contributed by atoms with Gasteiger partial charge in [-0.2, -0.15) is 0 Å². The topological polar surface area (TPSA) is 62.2 Å². The lowest BCUT2D eigenvalue weighted by atomic mass is 9.90. The number of ether oxygens (including phenoxy) is 1. The molecule has 1 heterocycles. The molecule has 0 spiro atoms. The molecule has 0 unspecified atom stereocenters. The van der Waals surface area contributed by atoms with Crippen LogP contribution in [0.2, 0.25) is 5.02 Å². The van der Waals surface area contributed by atoms with Crippen molar-refractivity contribution in [3.63, 3.8) is 0 Å². The summed E-state index contributed by atoms with van der Waals surface area (Å²) in [5.41, 5.74) is 1.06. The van der Waals surface area contributed by atoms with Crippen molar-refractivity contribution in [3.05, 3.63) is 70.2 Å². The normalized spacial score (nSPS) is 11.3. The number of thiazole rings is 1. The standard InChI is InChI=1S/C20H18ClNO3S/c1-20(2,19(23)24)17-12-26-18(22-17)15-10-14(21)8-9-16(15)25-11-13-6-4-3-5-7-13/h3-10,12H,11H2,1-2H3,(H,23,24)/p-1. The Labute approximate surface area is 161 Å². The van der Waals surface area contributed by atoms with Gasteiger partial charge in [-0.15, -0.1) is 11.3 Å². The number of carboxylic acids is 1. The predicted molar refractivity (Wildman–Crippen MR) is 101 cm³/mol. The van der Waals surface area contributed by atoms with Gasteiger partial charge in [0.15, 0.2) is 0 Å². The highest BCUT2D eigenvalue weighted by Crippen LogP contribution is 2.37. The number of aromatic nitrogens is 1. The van der Waals surface area contributed by atoms with Crippen LogP contribution in [-0.2, 0) is 16.8 Å². The average Bonchev–Trinajstić information content (AvgIpc) is 3.12. The Kier molecular flexibility index (Phi) is 5.30. The Bertz CT molecular complexity index is 922. The molecule has 0 bridgehead atoms. The lowest BCUT2D eigenvalue weighted by molar-refractivity contribution is -0.312. The molecule has 3 aromatic rings. The Morgan fingerprint density at radius 1 is 1.23 bits per heavy atom. The SMILES string of the molecule is CC(C)(C(=O)[O-])c1csc(-c2cc(Cl)ccc2OCc2ccccc2)n1. The summed E-state index contributed by atoms with van der Waals surface area (Å²) in [6, 6.07) is 15.2. The summed E-state index contributed by atoms with van der Waals surface area (Å²) in [5.74, 6) is -0.522. The quantitative estimate of drug-likeness (QED) is 0.640. The molecule has 0 radical (unpaired) electrons. The average molecular weight is 387 g/mol. The van der Waals surface area contributed by atoms with Crippen LogP contribution in [0.25, 0.3) is 10.6 Å². The Hall–Kier alpha value is -2.37. The zero-order valence-electron chi connectivity index (χ0n) is 14.4. The smallest absolute Gasteiger partial charge is 0.130 e. The van der Waals surface area contributed by atoms with E-state index in [4.69, 9.17) is 16.3 Å². The van der Waals surface area contributed by atoms with Crippen LogP contribution in [0.3, 0.4) is 0 Å². The van der Waals surface area contributed by atoms with Crippen LogP contribution in [0.4, 0.5) is 0 Å². The number of nitrogens with zero attached hydrogens (tertiary/aromatic N) is 1. The first-order chi connectivity index (χ1) is 12.4. The minimum atomic E-state index is -1.17. The lowest BCUT2D eigenvalue weighted by Gasteiger charge is -2.23. The highest BCUT2D eigenvalue weighted by atomic mass is 35.5. The van der Waals surface area contributed by atoms with E-state index in [9.17, 15) is 9.90 Å². The monoisotopic (exact) mass is 386 g/mol. The number of rotatable bonds is 6. The molecule has 2 aromatic carbocycles. The van der Waals surface area contributed by atoms with Gasteiger partial charge in [0, 0.05) is 15.8 Å². The van der Waals surface area contributed by atoms with Crippen molar-refractivity contribution >= 4 is 28.9 Å². The second-order valence-corrected chi connectivity index (χ2v) is 7.66. The number of carboxylic acid groups (broad SMARTS) is 1. The molecule has 0 atom stereocenters. The summed E-state index contributed by atoms with van der Waals surface area (Å²) >= 11 is 7.50. The molecule has 6 heteroatoms. The van der Waals surface area contributed by atoms with Crippen LogP contribution in [0, 0.1) is 0 Å². The minimum Gasteiger partial charge on any atom is -0.549 e. The van der Waals surface area contributed by atoms with E-state index in [0.717, 1.165) is 11.1 Å². The van der Waals surface area contributed by atoms with E-state index >= 15 is 0 Å². The van der Waals surface area contributed by atoms with Gasteiger partial charge in [-0.05, 0) is 37.6 Å². The van der Waals surface area contributed by atoms with Gasteiger partial charge in [0.1, 0.15) is 17.4 Å². The van der Waals surface area contributed by atoms with Crippen LogP contribution >= 0.6 is 22.9 Å². The van der Waals surface area contributed by atoms with Gasteiger partial charge in [0.05, 0.1) is 17.2 Å². The molecule has 0 fully saturated rings. The third-order valence-electron chi connectivity index (χ3n) is 4.06. The van der Waals surface area contributed by atoms with E-state index in [-0.39, 0.29) is 0 Å². The number of hydrogen-bond acceptors (Lipinski definition) is 5. The van der Waals surface area contributed by atoms with Crippen molar-refractivity contribution in [2.75, 3.05) is 0 Å². The van der Waals surface area contributed by atoms with Crippen molar-refractivity contribution in [1.29, 1.82) is 0 Å². The van der Waals surface area contributed by atoms with Crippen molar-refractivity contribution in [2.45, 2.75) is 25.9 Å². The molecular formula is C20H17ClNO3S-. The maximum absolute atomic E-state index is 11.4. The molecule has 1 aromatic heterocycles. The summed E-state index contributed by atoms with van der Waals surface area (Å²) in [6.45, 7) is 3.57. The van der Waals surface area contributed by atoms with E-state index < -0.39 is 11.4 Å². The Morgan fingerprint density at radius 2 is 1.96 bits per heavy atom. The van der Waals surface area contributed by atoms with Gasteiger partial charge in [-0.1, -0.05) is 41.9 Å². The third-order valence-corrected chi connectivity index (χ3v) is 5.17.